The Morgan fingerprint density at radius 3 is 2.78 bits per heavy atom. The molecule has 0 saturated carbocycles. The van der Waals surface area contributed by atoms with Crippen LogP contribution in [0.1, 0.15) is 13.8 Å². The monoisotopic (exact) mass is 264 g/mol. The van der Waals surface area contributed by atoms with E-state index in [1.54, 1.807) is 13.3 Å². The molecule has 0 spiro atoms. The summed E-state index contributed by atoms with van der Waals surface area (Å²) in [4.78, 5) is 4.31. The van der Waals surface area contributed by atoms with Crippen LogP contribution in [0.3, 0.4) is 0 Å². The molecule has 0 aliphatic rings. The maximum atomic E-state index is 6.14. The van der Waals surface area contributed by atoms with Crippen LogP contribution in [0.15, 0.2) is 30.5 Å². The number of benzene rings is 1. The predicted molar refractivity (Wildman–Crippen MR) is 76.3 cm³/mol. The van der Waals surface area contributed by atoms with Crippen LogP contribution in [-0.4, -0.2) is 24.2 Å². The maximum Gasteiger partial charge on any atom is 0.0908 e. The maximum absolute atomic E-state index is 6.14. The lowest BCUT2D eigenvalue weighted by Gasteiger charge is -2.22. The Labute approximate surface area is 112 Å². The van der Waals surface area contributed by atoms with Crippen molar-refractivity contribution < 1.29 is 4.74 Å². The van der Waals surface area contributed by atoms with E-state index in [0.717, 1.165) is 16.6 Å². The fourth-order valence-electron chi connectivity index (χ4n) is 1.83. The third-order valence-corrected chi connectivity index (χ3v) is 3.48. The number of hydrogen-bond acceptors (Lipinski definition) is 3. The lowest BCUT2D eigenvalue weighted by Crippen LogP contribution is -2.29. The first-order valence-corrected chi connectivity index (χ1v) is 6.34. The average molecular weight is 265 g/mol. The zero-order valence-electron chi connectivity index (χ0n) is 10.8. The standard InChI is InChI=1S/C14H17ClN2O/c1-9(10(2)18-3)17-13-7-6-12(15)14-11(13)5-4-8-16-14/h4-10,17H,1-3H3. The van der Waals surface area contributed by atoms with Crippen LogP contribution in [0.2, 0.25) is 5.02 Å². The van der Waals surface area contributed by atoms with Crippen LogP contribution in [0, 0.1) is 0 Å². The quantitative estimate of drug-likeness (QED) is 0.914. The van der Waals surface area contributed by atoms with E-state index in [1.807, 2.05) is 31.2 Å². The molecule has 3 nitrogen and oxygen atoms in total. The van der Waals surface area contributed by atoms with Crippen molar-refractivity contribution in [2.24, 2.45) is 0 Å². The molecule has 0 aliphatic carbocycles. The summed E-state index contributed by atoms with van der Waals surface area (Å²) in [5.74, 6) is 0. The summed E-state index contributed by atoms with van der Waals surface area (Å²) in [6.45, 7) is 4.12. The first-order chi connectivity index (χ1) is 8.63. The number of halogens is 1. The van der Waals surface area contributed by atoms with Crippen LogP contribution in [0.25, 0.3) is 10.9 Å². The van der Waals surface area contributed by atoms with Gasteiger partial charge in [-0.05, 0) is 38.1 Å². The Bertz CT molecular complexity index is 544. The number of fused-ring (bicyclic) bond motifs is 1. The Morgan fingerprint density at radius 2 is 2.06 bits per heavy atom. The van der Waals surface area contributed by atoms with Crippen molar-refractivity contribution >= 4 is 28.2 Å². The number of anilines is 1. The number of nitrogens with one attached hydrogen (secondary N) is 1. The van der Waals surface area contributed by atoms with Crippen molar-refractivity contribution in [1.29, 1.82) is 0 Å². The second-order valence-corrected chi connectivity index (χ2v) is 4.78. The molecule has 2 atom stereocenters. The van der Waals surface area contributed by atoms with E-state index in [4.69, 9.17) is 16.3 Å². The van der Waals surface area contributed by atoms with Crippen LogP contribution >= 0.6 is 11.6 Å². The molecule has 2 aromatic rings. The Hall–Kier alpha value is -1.32. The van der Waals surface area contributed by atoms with E-state index in [2.05, 4.69) is 17.2 Å². The molecule has 0 fully saturated rings. The van der Waals surface area contributed by atoms with Gasteiger partial charge in [0.05, 0.1) is 16.6 Å². The summed E-state index contributed by atoms with van der Waals surface area (Å²) in [5.41, 5.74) is 1.85. The first kappa shape index (κ1) is 13.1. The number of aromatic nitrogens is 1. The summed E-state index contributed by atoms with van der Waals surface area (Å²) in [7, 11) is 1.71. The molecular formula is C14H17ClN2O. The minimum absolute atomic E-state index is 0.132. The largest absolute Gasteiger partial charge is 0.380 e. The zero-order valence-corrected chi connectivity index (χ0v) is 11.5. The minimum Gasteiger partial charge on any atom is -0.380 e. The second kappa shape index (κ2) is 5.55. The second-order valence-electron chi connectivity index (χ2n) is 4.37. The van der Waals surface area contributed by atoms with Crippen molar-refractivity contribution in [3.05, 3.63) is 35.5 Å². The summed E-state index contributed by atoms with van der Waals surface area (Å²) >= 11 is 6.14. The number of methoxy groups -OCH3 is 1. The van der Waals surface area contributed by atoms with E-state index >= 15 is 0 Å². The minimum atomic E-state index is 0.132. The van der Waals surface area contributed by atoms with E-state index in [0.29, 0.717) is 5.02 Å². The van der Waals surface area contributed by atoms with Gasteiger partial charge in [0.15, 0.2) is 0 Å². The van der Waals surface area contributed by atoms with Crippen molar-refractivity contribution in [3.63, 3.8) is 0 Å². The molecule has 96 valence electrons. The Morgan fingerprint density at radius 1 is 1.28 bits per heavy atom. The van der Waals surface area contributed by atoms with Gasteiger partial charge in [-0.15, -0.1) is 0 Å². The SMILES string of the molecule is COC(C)C(C)Nc1ccc(Cl)c2ncccc12. The smallest absolute Gasteiger partial charge is 0.0908 e. The van der Waals surface area contributed by atoms with E-state index < -0.39 is 0 Å². The highest BCUT2D eigenvalue weighted by molar-refractivity contribution is 6.35. The summed E-state index contributed by atoms with van der Waals surface area (Å²) in [5, 5.41) is 5.14. The molecule has 1 aromatic carbocycles. The molecule has 1 aromatic heterocycles. The topological polar surface area (TPSA) is 34.1 Å². The van der Waals surface area contributed by atoms with Gasteiger partial charge in [0.2, 0.25) is 0 Å². The third kappa shape index (κ3) is 2.57. The van der Waals surface area contributed by atoms with Crippen molar-refractivity contribution in [3.8, 4) is 0 Å². The highest BCUT2D eigenvalue weighted by Crippen LogP contribution is 2.28. The molecule has 1 N–H and O–H groups in total. The fourth-order valence-corrected chi connectivity index (χ4v) is 2.04. The highest BCUT2D eigenvalue weighted by atomic mass is 35.5. The van der Waals surface area contributed by atoms with Gasteiger partial charge in [-0.25, -0.2) is 0 Å². The van der Waals surface area contributed by atoms with Gasteiger partial charge in [-0.1, -0.05) is 11.6 Å². The summed E-state index contributed by atoms with van der Waals surface area (Å²) in [6, 6.07) is 7.98. The summed E-state index contributed by atoms with van der Waals surface area (Å²) < 4.78 is 5.32. The summed E-state index contributed by atoms with van der Waals surface area (Å²) in [6.07, 6.45) is 1.88. The average Bonchev–Trinajstić information content (AvgIpc) is 2.41. The number of nitrogens with zero attached hydrogens (tertiary/aromatic N) is 1. The van der Waals surface area contributed by atoms with Crippen LogP contribution in [-0.2, 0) is 4.74 Å². The molecule has 2 rings (SSSR count). The van der Waals surface area contributed by atoms with Crippen LogP contribution in [0.4, 0.5) is 5.69 Å². The number of hydrogen-bond donors (Lipinski definition) is 1. The Kier molecular flexibility index (Phi) is 4.04. The van der Waals surface area contributed by atoms with E-state index in [1.165, 1.54) is 0 Å². The van der Waals surface area contributed by atoms with Crippen LogP contribution < -0.4 is 5.32 Å². The van der Waals surface area contributed by atoms with Gasteiger partial charge >= 0.3 is 0 Å². The van der Waals surface area contributed by atoms with Gasteiger partial charge < -0.3 is 10.1 Å². The molecule has 18 heavy (non-hydrogen) atoms. The van der Waals surface area contributed by atoms with E-state index in [-0.39, 0.29) is 12.1 Å². The normalized spacial score (nSPS) is 14.4. The first-order valence-electron chi connectivity index (χ1n) is 5.96. The van der Waals surface area contributed by atoms with Gasteiger partial charge in [-0.2, -0.15) is 0 Å². The predicted octanol–water partition coefficient (Wildman–Crippen LogP) is 3.72. The van der Waals surface area contributed by atoms with Crippen LogP contribution in [0.5, 0.6) is 0 Å². The van der Waals surface area contributed by atoms with Gasteiger partial charge in [0, 0.05) is 30.4 Å². The molecular weight excluding hydrogens is 248 g/mol. The molecule has 0 bridgehead atoms. The molecule has 2 unspecified atom stereocenters. The lowest BCUT2D eigenvalue weighted by molar-refractivity contribution is 0.106. The third-order valence-electron chi connectivity index (χ3n) is 3.18. The molecule has 0 amide bonds. The van der Waals surface area contributed by atoms with Gasteiger partial charge in [0.25, 0.3) is 0 Å². The lowest BCUT2D eigenvalue weighted by atomic mass is 10.1. The molecule has 1 heterocycles. The van der Waals surface area contributed by atoms with Gasteiger partial charge in [-0.3, -0.25) is 4.98 Å². The zero-order chi connectivity index (χ0) is 13.1. The number of pyridine rings is 1. The molecule has 0 saturated heterocycles. The highest BCUT2D eigenvalue weighted by Gasteiger charge is 2.13. The van der Waals surface area contributed by atoms with Crippen molar-refractivity contribution in [1.82, 2.24) is 4.98 Å². The molecule has 0 aliphatic heterocycles. The van der Waals surface area contributed by atoms with Crippen molar-refractivity contribution in [2.45, 2.75) is 26.0 Å². The molecule has 0 radical (unpaired) electrons. The van der Waals surface area contributed by atoms with E-state index in [9.17, 15) is 0 Å². The fraction of sp³-hybridized carbons (Fsp3) is 0.357. The van der Waals surface area contributed by atoms with Gasteiger partial charge in [0.1, 0.15) is 0 Å². The number of ether oxygens (including phenoxy) is 1. The van der Waals surface area contributed by atoms with Crippen molar-refractivity contribution in [2.75, 3.05) is 12.4 Å². The Balaban J connectivity index is 2.37. The molecule has 4 heteroatoms. The number of rotatable bonds is 4.